The predicted molar refractivity (Wildman–Crippen MR) is 55.4 cm³/mol. The average molecular weight is 271 g/mol. The van der Waals surface area contributed by atoms with Gasteiger partial charge in [0.25, 0.3) is 0 Å². The van der Waals surface area contributed by atoms with E-state index in [1.165, 1.54) is 0 Å². The second-order valence-corrected chi connectivity index (χ2v) is 3.77. The Morgan fingerprint density at radius 3 is 2.06 bits per heavy atom. The molecule has 0 aliphatic rings. The lowest BCUT2D eigenvalue weighted by molar-refractivity contribution is -0.163. The predicted octanol–water partition coefficient (Wildman–Crippen LogP) is 0.872. The first kappa shape index (κ1) is 14.1. The molecule has 0 saturated heterocycles. The second-order valence-electron chi connectivity index (χ2n) is 3.29. The van der Waals surface area contributed by atoms with Crippen LogP contribution in [-0.2, 0) is 5.92 Å². The molecule has 0 aliphatic carbocycles. The molecule has 0 fully saturated rings. The molecule has 0 spiro atoms. The van der Waals surface area contributed by atoms with Crippen LogP contribution in [0.2, 0.25) is 0 Å². The van der Waals surface area contributed by atoms with Crippen molar-refractivity contribution < 1.29 is 27.6 Å². The van der Waals surface area contributed by atoms with Crippen molar-refractivity contribution in [3.8, 4) is 0 Å². The molecule has 0 bridgehead atoms. The fraction of sp³-hybridized carbons (Fsp3) is 0.250. The van der Waals surface area contributed by atoms with Crippen LogP contribution in [-0.4, -0.2) is 22.5 Å². The van der Waals surface area contributed by atoms with Gasteiger partial charge < -0.3 is 15.8 Å². The van der Waals surface area contributed by atoms with Gasteiger partial charge in [-0.3, -0.25) is 0 Å². The Hall–Kier alpha value is -0.985. The molecule has 1 aromatic carbocycles. The summed E-state index contributed by atoms with van der Waals surface area (Å²) in [7, 11) is -1.93. The second kappa shape index (κ2) is 4.36. The Morgan fingerprint density at radius 1 is 1.18 bits per heavy atom. The van der Waals surface area contributed by atoms with E-state index in [-0.39, 0.29) is 5.46 Å². The minimum Gasteiger partial charge on any atom is -0.423 e. The number of nitrogen functional groups attached to an aromatic ring is 1. The van der Waals surface area contributed by atoms with Crippen molar-refractivity contribution in [2.75, 3.05) is 5.73 Å². The van der Waals surface area contributed by atoms with E-state index in [2.05, 4.69) is 11.6 Å². The summed E-state index contributed by atoms with van der Waals surface area (Å²) in [6.07, 6.45) is 0. The summed E-state index contributed by atoms with van der Waals surface area (Å²) in [6.45, 7) is 0. The monoisotopic (exact) mass is 271 g/mol. The zero-order chi connectivity index (χ0) is 13.4. The summed E-state index contributed by atoms with van der Waals surface area (Å²) >= 11 is 4.30. The van der Waals surface area contributed by atoms with Gasteiger partial charge in [0, 0.05) is 5.69 Å². The molecule has 1 rings (SSSR count). The molecule has 0 aliphatic heterocycles. The van der Waals surface area contributed by atoms with E-state index in [0.29, 0.717) is 6.07 Å². The smallest absolute Gasteiger partial charge is 0.423 e. The van der Waals surface area contributed by atoms with E-state index in [1.807, 2.05) is 0 Å². The molecule has 0 unspecified atom stereocenters. The number of nitrogens with two attached hydrogens (primary N) is 1. The Bertz CT molecular complexity index is 424. The van der Waals surface area contributed by atoms with E-state index in [0.717, 1.165) is 12.1 Å². The minimum atomic E-state index is -4.79. The quantitative estimate of drug-likeness (QED) is 0.331. The maximum Gasteiger partial charge on any atom is 0.488 e. The van der Waals surface area contributed by atoms with Crippen LogP contribution in [0.4, 0.5) is 23.2 Å². The highest BCUT2D eigenvalue weighted by molar-refractivity contribution is 6.58. The molecule has 3 nitrogen and oxygen atoms in total. The van der Waals surface area contributed by atoms with Gasteiger partial charge in [-0.05, 0) is 23.1 Å². The molecular weight excluding hydrogens is 264 g/mol. The molecular formula is C8H7BClF4NO2. The van der Waals surface area contributed by atoms with Crippen LogP contribution in [0.15, 0.2) is 18.2 Å². The van der Waals surface area contributed by atoms with Crippen LogP contribution < -0.4 is 11.2 Å². The van der Waals surface area contributed by atoms with Crippen LogP contribution in [0, 0.1) is 0 Å². The summed E-state index contributed by atoms with van der Waals surface area (Å²) in [5.74, 6) is -4.66. The first-order chi connectivity index (χ1) is 7.57. The molecule has 17 heavy (non-hydrogen) atoms. The molecule has 0 aromatic heterocycles. The highest BCUT2D eigenvalue weighted by Crippen LogP contribution is 2.47. The number of hydrogen-bond donors (Lipinski definition) is 3. The van der Waals surface area contributed by atoms with Gasteiger partial charge in [0.1, 0.15) is 0 Å². The van der Waals surface area contributed by atoms with E-state index < -0.39 is 29.7 Å². The highest BCUT2D eigenvalue weighted by atomic mass is 35.5. The van der Waals surface area contributed by atoms with Crippen molar-refractivity contribution in [2.24, 2.45) is 0 Å². The topological polar surface area (TPSA) is 66.5 Å². The third-order valence-corrected chi connectivity index (χ3v) is 2.31. The van der Waals surface area contributed by atoms with Crippen LogP contribution in [0.3, 0.4) is 0 Å². The number of rotatable bonds is 3. The van der Waals surface area contributed by atoms with Crippen molar-refractivity contribution in [2.45, 2.75) is 11.3 Å². The van der Waals surface area contributed by atoms with Crippen LogP contribution >= 0.6 is 11.6 Å². The van der Waals surface area contributed by atoms with Crippen LogP contribution in [0.25, 0.3) is 0 Å². The number of alkyl halides is 5. The van der Waals surface area contributed by atoms with Gasteiger partial charge in [-0.25, -0.2) is 0 Å². The number of benzene rings is 1. The lowest BCUT2D eigenvalue weighted by Gasteiger charge is -2.23. The van der Waals surface area contributed by atoms with E-state index in [1.54, 1.807) is 0 Å². The SMILES string of the molecule is Nc1cc(B(O)O)ccc1C(F)(F)C(F)(F)Cl. The first-order valence-electron chi connectivity index (χ1n) is 4.28. The Morgan fingerprint density at radius 2 is 1.71 bits per heavy atom. The van der Waals surface area contributed by atoms with Gasteiger partial charge in [-0.2, -0.15) is 17.6 Å². The standard InChI is InChI=1S/C8H7BClF4NO2/c10-8(13,14)7(11,12)5-2-1-4(9(16)17)3-6(5)15/h1-3,16-17H,15H2. The number of anilines is 1. The fourth-order valence-corrected chi connectivity index (χ4v) is 1.28. The summed E-state index contributed by atoms with van der Waals surface area (Å²) in [5.41, 5.74) is 3.07. The molecule has 1 aromatic rings. The average Bonchev–Trinajstić information content (AvgIpc) is 2.15. The largest absolute Gasteiger partial charge is 0.488 e. The van der Waals surface area contributed by atoms with Crippen molar-refractivity contribution >= 4 is 29.9 Å². The van der Waals surface area contributed by atoms with E-state index in [9.17, 15) is 17.6 Å². The third kappa shape index (κ3) is 2.64. The highest BCUT2D eigenvalue weighted by Gasteiger charge is 2.57. The Labute approximate surface area is 98.9 Å². The molecule has 9 heteroatoms. The van der Waals surface area contributed by atoms with Gasteiger partial charge in [0.2, 0.25) is 0 Å². The molecule has 0 saturated carbocycles. The summed E-state index contributed by atoms with van der Waals surface area (Å²) < 4.78 is 51.3. The summed E-state index contributed by atoms with van der Waals surface area (Å²) in [5, 5.41) is 12.7. The maximum absolute atomic E-state index is 13.2. The number of hydrogen-bond acceptors (Lipinski definition) is 3. The van der Waals surface area contributed by atoms with Gasteiger partial charge in [0.05, 0.1) is 5.56 Å². The van der Waals surface area contributed by atoms with Crippen molar-refractivity contribution in [1.82, 2.24) is 0 Å². The molecule has 0 heterocycles. The minimum absolute atomic E-state index is 0.195. The fourth-order valence-electron chi connectivity index (χ4n) is 1.18. The summed E-state index contributed by atoms with van der Waals surface area (Å²) in [6, 6.07) is 2.17. The molecule has 0 atom stereocenters. The van der Waals surface area contributed by atoms with Crippen molar-refractivity contribution in [3.05, 3.63) is 23.8 Å². The van der Waals surface area contributed by atoms with Crippen molar-refractivity contribution in [1.29, 1.82) is 0 Å². The van der Waals surface area contributed by atoms with Gasteiger partial charge in [-0.15, -0.1) is 0 Å². The Balaban J connectivity index is 3.26. The Kier molecular flexibility index (Phi) is 3.61. The van der Waals surface area contributed by atoms with Gasteiger partial charge in [0.15, 0.2) is 0 Å². The molecule has 94 valence electrons. The van der Waals surface area contributed by atoms with E-state index >= 15 is 0 Å². The molecule has 0 amide bonds. The zero-order valence-electron chi connectivity index (χ0n) is 8.17. The maximum atomic E-state index is 13.2. The lowest BCUT2D eigenvalue weighted by Crippen LogP contribution is -2.35. The number of halogens is 5. The lowest BCUT2D eigenvalue weighted by atomic mass is 9.79. The van der Waals surface area contributed by atoms with Gasteiger partial charge in [-0.1, -0.05) is 12.1 Å². The van der Waals surface area contributed by atoms with E-state index in [4.69, 9.17) is 15.8 Å². The molecule has 4 N–H and O–H groups in total. The normalized spacial score (nSPS) is 12.6. The third-order valence-electron chi connectivity index (χ3n) is 2.07. The zero-order valence-corrected chi connectivity index (χ0v) is 8.93. The van der Waals surface area contributed by atoms with Crippen LogP contribution in [0.1, 0.15) is 5.56 Å². The molecule has 0 radical (unpaired) electrons. The summed E-state index contributed by atoms with van der Waals surface area (Å²) in [4.78, 5) is 0. The first-order valence-corrected chi connectivity index (χ1v) is 4.65. The van der Waals surface area contributed by atoms with Crippen molar-refractivity contribution in [3.63, 3.8) is 0 Å². The van der Waals surface area contributed by atoms with Crippen LogP contribution in [0.5, 0.6) is 0 Å². The van der Waals surface area contributed by atoms with Gasteiger partial charge >= 0.3 is 18.4 Å².